The molecule has 0 bridgehead atoms. The summed E-state index contributed by atoms with van der Waals surface area (Å²) in [5, 5.41) is 2.89. The van der Waals surface area contributed by atoms with Crippen molar-refractivity contribution in [2.45, 2.75) is 13.8 Å². The third-order valence-electron chi connectivity index (χ3n) is 2.17. The van der Waals surface area contributed by atoms with E-state index in [1.807, 2.05) is 13.8 Å². The summed E-state index contributed by atoms with van der Waals surface area (Å²) in [4.78, 5) is 4.22. The van der Waals surface area contributed by atoms with E-state index in [2.05, 4.69) is 15.7 Å². The lowest BCUT2D eigenvalue weighted by atomic mass is 10.2. The van der Waals surface area contributed by atoms with Crippen LogP contribution < -0.4 is 21.3 Å². The van der Waals surface area contributed by atoms with E-state index < -0.39 is 5.82 Å². The van der Waals surface area contributed by atoms with E-state index in [0.29, 0.717) is 24.1 Å². The number of halogens is 1. The Morgan fingerprint density at radius 1 is 1.50 bits per heavy atom. The number of guanidine groups is 1. The maximum absolute atomic E-state index is 13.5. The summed E-state index contributed by atoms with van der Waals surface area (Å²) in [5.74, 6) is 5.91. The third kappa shape index (κ3) is 4.21. The first-order valence-corrected chi connectivity index (χ1v) is 5.68. The number of ether oxygens (including phenoxy) is 1. The topological polar surface area (TPSA) is 71.7 Å². The maximum atomic E-state index is 13.5. The van der Waals surface area contributed by atoms with Crippen LogP contribution in [0.15, 0.2) is 23.2 Å². The highest BCUT2D eigenvalue weighted by Gasteiger charge is 2.05. The number of nitrogens with one attached hydrogen (secondary N) is 2. The summed E-state index contributed by atoms with van der Waals surface area (Å²) in [6.45, 7) is 4.72. The summed E-state index contributed by atoms with van der Waals surface area (Å²) in [6, 6.07) is 4.54. The van der Waals surface area contributed by atoms with Gasteiger partial charge in [-0.2, -0.15) is 0 Å². The van der Waals surface area contributed by atoms with Gasteiger partial charge in [0.15, 0.2) is 11.6 Å². The predicted molar refractivity (Wildman–Crippen MR) is 71.0 cm³/mol. The molecule has 5 nitrogen and oxygen atoms in total. The Morgan fingerprint density at radius 2 is 2.22 bits per heavy atom. The highest BCUT2D eigenvalue weighted by Crippen LogP contribution is 2.20. The molecule has 0 radical (unpaired) electrons. The van der Waals surface area contributed by atoms with Gasteiger partial charge in [0.25, 0.3) is 0 Å². The molecule has 0 fully saturated rings. The molecule has 1 rings (SSSR count). The van der Waals surface area contributed by atoms with Gasteiger partial charge in [0.2, 0.25) is 5.96 Å². The van der Waals surface area contributed by atoms with Gasteiger partial charge < -0.3 is 10.1 Å². The lowest BCUT2D eigenvalue weighted by Gasteiger charge is -2.11. The number of hydrazine groups is 1. The summed E-state index contributed by atoms with van der Waals surface area (Å²) in [6.07, 6.45) is 0. The molecule has 0 amide bonds. The fourth-order valence-electron chi connectivity index (χ4n) is 1.28. The number of methoxy groups -OCH3 is 1. The van der Waals surface area contributed by atoms with Gasteiger partial charge in [0, 0.05) is 18.3 Å². The molecule has 1 aromatic carbocycles. The van der Waals surface area contributed by atoms with Crippen molar-refractivity contribution in [1.29, 1.82) is 0 Å². The molecule has 0 saturated heterocycles. The number of benzene rings is 1. The molecule has 0 atom stereocenters. The summed E-state index contributed by atoms with van der Waals surface area (Å²) in [7, 11) is 1.42. The van der Waals surface area contributed by atoms with E-state index in [0.717, 1.165) is 0 Å². The van der Waals surface area contributed by atoms with Gasteiger partial charge in [0.05, 0.1) is 7.11 Å². The average molecular weight is 254 g/mol. The Bertz CT molecular complexity index is 421. The second kappa shape index (κ2) is 6.80. The maximum Gasteiger partial charge on any atom is 0.210 e. The predicted octanol–water partition coefficient (Wildman–Crippen LogP) is 1.72. The van der Waals surface area contributed by atoms with Crippen molar-refractivity contribution in [3.63, 3.8) is 0 Å². The van der Waals surface area contributed by atoms with E-state index in [4.69, 9.17) is 10.6 Å². The molecule has 0 spiro atoms. The molecule has 0 aliphatic carbocycles. The van der Waals surface area contributed by atoms with Crippen molar-refractivity contribution >= 4 is 11.6 Å². The zero-order valence-corrected chi connectivity index (χ0v) is 10.8. The van der Waals surface area contributed by atoms with Crippen molar-refractivity contribution < 1.29 is 9.13 Å². The standard InChI is InChI=1S/C12H19FN4O/c1-8(2)7-15-12(17-14)16-9-4-5-11(18-3)10(13)6-9/h4-6,8H,7,14H2,1-3H3,(H2,15,16,17). The SMILES string of the molecule is COc1ccc(NC(=NCC(C)C)NN)cc1F. The minimum absolute atomic E-state index is 0.196. The highest BCUT2D eigenvalue weighted by atomic mass is 19.1. The van der Waals surface area contributed by atoms with Crippen LogP contribution in [-0.4, -0.2) is 19.6 Å². The minimum atomic E-state index is -0.442. The average Bonchev–Trinajstić information content (AvgIpc) is 2.34. The molecule has 0 aliphatic rings. The summed E-state index contributed by atoms with van der Waals surface area (Å²) < 4.78 is 18.3. The molecule has 0 aromatic heterocycles. The zero-order chi connectivity index (χ0) is 13.5. The number of aliphatic imine (C=N–C) groups is 1. The van der Waals surface area contributed by atoms with Crippen LogP contribution in [0.3, 0.4) is 0 Å². The van der Waals surface area contributed by atoms with Gasteiger partial charge in [-0.05, 0) is 18.1 Å². The molecule has 0 saturated carbocycles. The molecule has 4 N–H and O–H groups in total. The number of nitrogens with two attached hydrogens (primary N) is 1. The monoisotopic (exact) mass is 254 g/mol. The van der Waals surface area contributed by atoms with Crippen LogP contribution in [0.25, 0.3) is 0 Å². The zero-order valence-electron chi connectivity index (χ0n) is 10.8. The lowest BCUT2D eigenvalue weighted by molar-refractivity contribution is 0.386. The van der Waals surface area contributed by atoms with Gasteiger partial charge in [-0.3, -0.25) is 10.4 Å². The Labute approximate surface area is 106 Å². The second-order valence-corrected chi connectivity index (χ2v) is 4.20. The van der Waals surface area contributed by atoms with Crippen LogP contribution in [-0.2, 0) is 0 Å². The molecule has 0 unspecified atom stereocenters. The van der Waals surface area contributed by atoms with Crippen LogP contribution in [0.4, 0.5) is 10.1 Å². The first-order valence-electron chi connectivity index (χ1n) is 5.68. The number of hydrogen-bond acceptors (Lipinski definition) is 3. The summed E-state index contributed by atoms with van der Waals surface area (Å²) >= 11 is 0. The fourth-order valence-corrected chi connectivity index (χ4v) is 1.28. The van der Waals surface area contributed by atoms with Crippen LogP contribution in [0.5, 0.6) is 5.75 Å². The van der Waals surface area contributed by atoms with Gasteiger partial charge in [-0.15, -0.1) is 0 Å². The molecule has 18 heavy (non-hydrogen) atoms. The van der Waals surface area contributed by atoms with Gasteiger partial charge >= 0.3 is 0 Å². The molecule has 0 heterocycles. The first-order chi connectivity index (χ1) is 8.56. The molecular formula is C12H19FN4O. The van der Waals surface area contributed by atoms with Crippen molar-refractivity contribution in [1.82, 2.24) is 5.43 Å². The largest absolute Gasteiger partial charge is 0.494 e. The van der Waals surface area contributed by atoms with Crippen molar-refractivity contribution in [2.75, 3.05) is 19.0 Å². The van der Waals surface area contributed by atoms with Crippen molar-refractivity contribution in [3.05, 3.63) is 24.0 Å². The first kappa shape index (κ1) is 14.2. The highest BCUT2D eigenvalue weighted by molar-refractivity contribution is 5.93. The summed E-state index contributed by atoms with van der Waals surface area (Å²) in [5.41, 5.74) is 2.99. The molecular weight excluding hydrogens is 235 g/mol. The minimum Gasteiger partial charge on any atom is -0.494 e. The van der Waals surface area contributed by atoms with E-state index >= 15 is 0 Å². The van der Waals surface area contributed by atoms with Crippen molar-refractivity contribution in [2.24, 2.45) is 16.8 Å². The van der Waals surface area contributed by atoms with Crippen molar-refractivity contribution in [3.8, 4) is 5.75 Å². The Balaban J connectivity index is 2.76. The van der Waals surface area contributed by atoms with Crippen LogP contribution in [0, 0.1) is 11.7 Å². The second-order valence-electron chi connectivity index (χ2n) is 4.20. The van der Waals surface area contributed by atoms with E-state index in [1.165, 1.54) is 19.2 Å². The number of hydrogen-bond donors (Lipinski definition) is 3. The Morgan fingerprint density at radius 3 is 2.72 bits per heavy atom. The van der Waals surface area contributed by atoms with Gasteiger partial charge in [-0.25, -0.2) is 10.2 Å². The number of rotatable bonds is 4. The smallest absolute Gasteiger partial charge is 0.210 e. The van der Waals surface area contributed by atoms with Crippen LogP contribution in [0.2, 0.25) is 0 Å². The Hall–Kier alpha value is -1.82. The third-order valence-corrected chi connectivity index (χ3v) is 2.17. The van der Waals surface area contributed by atoms with E-state index in [-0.39, 0.29) is 5.75 Å². The van der Waals surface area contributed by atoms with Crippen LogP contribution in [0.1, 0.15) is 13.8 Å². The Kier molecular flexibility index (Phi) is 5.38. The molecule has 6 heteroatoms. The van der Waals surface area contributed by atoms with Gasteiger partial charge in [0.1, 0.15) is 0 Å². The van der Waals surface area contributed by atoms with Crippen LogP contribution >= 0.6 is 0 Å². The molecule has 100 valence electrons. The normalized spacial score (nSPS) is 11.6. The van der Waals surface area contributed by atoms with E-state index in [9.17, 15) is 4.39 Å². The lowest BCUT2D eigenvalue weighted by Crippen LogP contribution is -2.36. The number of nitrogens with zero attached hydrogens (tertiary/aromatic N) is 1. The quantitative estimate of drug-likeness (QED) is 0.331. The van der Waals surface area contributed by atoms with E-state index in [1.54, 1.807) is 6.07 Å². The molecule has 1 aromatic rings. The fraction of sp³-hybridized carbons (Fsp3) is 0.417. The van der Waals surface area contributed by atoms with Gasteiger partial charge in [-0.1, -0.05) is 13.8 Å². The molecule has 0 aliphatic heterocycles. The number of anilines is 1.